The van der Waals surface area contributed by atoms with Crippen LogP contribution >= 0.6 is 0 Å². The van der Waals surface area contributed by atoms with Crippen molar-refractivity contribution >= 4 is 22.9 Å². The number of fused-ring (bicyclic) bond motifs is 1. The maximum Gasteiger partial charge on any atom is 0.253 e. The van der Waals surface area contributed by atoms with E-state index < -0.39 is 0 Å². The van der Waals surface area contributed by atoms with Gasteiger partial charge in [0.1, 0.15) is 5.52 Å². The van der Waals surface area contributed by atoms with Gasteiger partial charge >= 0.3 is 0 Å². The van der Waals surface area contributed by atoms with Crippen LogP contribution in [0.3, 0.4) is 0 Å². The number of carbonyl (C=O) groups is 2. The van der Waals surface area contributed by atoms with E-state index >= 15 is 0 Å². The van der Waals surface area contributed by atoms with Crippen LogP contribution in [0.5, 0.6) is 0 Å². The summed E-state index contributed by atoms with van der Waals surface area (Å²) >= 11 is 0. The number of benzene rings is 2. The summed E-state index contributed by atoms with van der Waals surface area (Å²) in [4.78, 5) is 34.8. The fourth-order valence-corrected chi connectivity index (χ4v) is 5.44. The Balaban J connectivity index is 1.13. The summed E-state index contributed by atoms with van der Waals surface area (Å²) in [7, 11) is 0. The number of nitrogens with one attached hydrogen (secondary N) is 1. The van der Waals surface area contributed by atoms with E-state index in [9.17, 15) is 9.59 Å². The van der Waals surface area contributed by atoms with Crippen LogP contribution in [0.15, 0.2) is 52.9 Å². The van der Waals surface area contributed by atoms with E-state index in [4.69, 9.17) is 4.42 Å². The molecule has 0 aliphatic carbocycles. The van der Waals surface area contributed by atoms with E-state index in [1.54, 1.807) is 6.07 Å². The lowest BCUT2D eigenvalue weighted by atomic mass is 9.84. The Hall–Kier alpha value is -3.19. The Morgan fingerprint density at radius 2 is 1.78 bits per heavy atom. The van der Waals surface area contributed by atoms with Crippen LogP contribution < -0.4 is 5.32 Å². The van der Waals surface area contributed by atoms with Crippen LogP contribution in [-0.2, 0) is 4.79 Å². The molecule has 190 valence electrons. The van der Waals surface area contributed by atoms with Gasteiger partial charge in [-0.25, -0.2) is 4.98 Å². The number of nitrogens with zero attached hydrogens (tertiary/aromatic N) is 3. The number of piperidine rings is 2. The second-order valence-corrected chi connectivity index (χ2v) is 10.2. The average Bonchev–Trinajstić information content (AvgIpc) is 3.37. The van der Waals surface area contributed by atoms with Gasteiger partial charge in [-0.05, 0) is 75.0 Å². The first-order valence-corrected chi connectivity index (χ1v) is 13.3. The van der Waals surface area contributed by atoms with Crippen molar-refractivity contribution in [3.8, 4) is 11.5 Å². The first-order chi connectivity index (χ1) is 17.6. The molecule has 2 amide bonds. The van der Waals surface area contributed by atoms with Gasteiger partial charge in [-0.15, -0.1) is 0 Å². The van der Waals surface area contributed by atoms with Crippen molar-refractivity contribution in [3.63, 3.8) is 0 Å². The highest BCUT2D eigenvalue weighted by molar-refractivity contribution is 5.97. The van der Waals surface area contributed by atoms with Crippen molar-refractivity contribution in [3.05, 3.63) is 54.1 Å². The minimum absolute atomic E-state index is 0.00615. The van der Waals surface area contributed by atoms with Gasteiger partial charge < -0.3 is 19.5 Å². The van der Waals surface area contributed by atoms with Crippen molar-refractivity contribution in [2.24, 2.45) is 11.8 Å². The fraction of sp³-hybridized carbons (Fsp3) is 0.483. The molecule has 7 nitrogen and oxygen atoms in total. The number of amides is 2. The molecule has 0 spiro atoms. The third-order valence-corrected chi connectivity index (χ3v) is 7.78. The zero-order valence-corrected chi connectivity index (χ0v) is 21.1. The van der Waals surface area contributed by atoms with Crippen LogP contribution in [0.25, 0.3) is 22.6 Å². The molecule has 2 aliphatic heterocycles. The van der Waals surface area contributed by atoms with Crippen LogP contribution in [0.2, 0.25) is 0 Å². The zero-order valence-electron chi connectivity index (χ0n) is 21.1. The molecule has 3 aromatic rings. The molecule has 0 unspecified atom stereocenters. The standard InChI is InChI=1S/C29H36N4O3/c1-21(27(34)30-14-19-32-15-6-3-7-16-32)22-12-17-33(18-13-22)29(35)24-10-11-25-26(20-24)36-28(31-25)23-8-4-2-5-9-23/h2,4-5,8-11,20-22H,3,6-7,12-19H2,1H3,(H,30,34)/t21-/m1/s1. The van der Waals surface area contributed by atoms with Gasteiger partial charge in [0, 0.05) is 43.2 Å². The summed E-state index contributed by atoms with van der Waals surface area (Å²) in [5.74, 6) is 0.965. The quantitative estimate of drug-likeness (QED) is 0.527. The Morgan fingerprint density at radius 3 is 2.53 bits per heavy atom. The largest absolute Gasteiger partial charge is 0.436 e. The predicted octanol–water partition coefficient (Wildman–Crippen LogP) is 4.59. The predicted molar refractivity (Wildman–Crippen MR) is 141 cm³/mol. The highest BCUT2D eigenvalue weighted by Crippen LogP contribution is 2.28. The molecule has 1 atom stereocenters. The van der Waals surface area contributed by atoms with Crippen molar-refractivity contribution in [2.45, 2.75) is 39.0 Å². The normalized spacial score (nSPS) is 18.3. The molecule has 0 bridgehead atoms. The lowest BCUT2D eigenvalue weighted by molar-refractivity contribution is -0.126. The molecule has 1 aromatic heterocycles. The fourth-order valence-electron chi connectivity index (χ4n) is 5.44. The molecule has 0 saturated carbocycles. The molecule has 2 fully saturated rings. The number of likely N-dealkylation sites (tertiary alicyclic amines) is 2. The van der Waals surface area contributed by atoms with Gasteiger partial charge in [-0.3, -0.25) is 9.59 Å². The molecule has 5 rings (SSSR count). The highest BCUT2D eigenvalue weighted by atomic mass is 16.3. The van der Waals surface area contributed by atoms with E-state index in [-0.39, 0.29) is 17.7 Å². The topological polar surface area (TPSA) is 78.7 Å². The van der Waals surface area contributed by atoms with Crippen LogP contribution in [0.4, 0.5) is 0 Å². The molecule has 0 radical (unpaired) electrons. The van der Waals surface area contributed by atoms with E-state index in [1.807, 2.05) is 54.3 Å². The summed E-state index contributed by atoms with van der Waals surface area (Å²) < 4.78 is 5.95. The van der Waals surface area contributed by atoms with Gasteiger partial charge in [0.05, 0.1) is 0 Å². The van der Waals surface area contributed by atoms with Crippen molar-refractivity contribution in [1.29, 1.82) is 0 Å². The third-order valence-electron chi connectivity index (χ3n) is 7.78. The Kier molecular flexibility index (Phi) is 7.66. The van der Waals surface area contributed by atoms with E-state index in [1.165, 1.54) is 19.3 Å². The summed E-state index contributed by atoms with van der Waals surface area (Å²) in [6.45, 7) is 7.31. The summed E-state index contributed by atoms with van der Waals surface area (Å²) in [5, 5.41) is 3.14. The average molecular weight is 489 g/mol. The van der Waals surface area contributed by atoms with E-state index in [2.05, 4.69) is 15.2 Å². The molecule has 1 N–H and O–H groups in total. The molecule has 36 heavy (non-hydrogen) atoms. The van der Waals surface area contributed by atoms with Crippen molar-refractivity contribution < 1.29 is 14.0 Å². The molecule has 2 saturated heterocycles. The lowest BCUT2D eigenvalue weighted by Crippen LogP contribution is -2.44. The van der Waals surface area contributed by atoms with Gasteiger partial charge in [-0.1, -0.05) is 31.5 Å². The number of oxazole rings is 1. The maximum absolute atomic E-state index is 13.2. The maximum atomic E-state index is 13.2. The first-order valence-electron chi connectivity index (χ1n) is 13.3. The van der Waals surface area contributed by atoms with Crippen LogP contribution in [0.1, 0.15) is 49.4 Å². The number of carbonyl (C=O) groups excluding carboxylic acids is 2. The zero-order chi connectivity index (χ0) is 24.9. The minimum Gasteiger partial charge on any atom is -0.436 e. The Labute approximate surface area is 212 Å². The van der Waals surface area contributed by atoms with Gasteiger partial charge in [0.2, 0.25) is 11.8 Å². The number of hydrogen-bond donors (Lipinski definition) is 1. The van der Waals surface area contributed by atoms with Crippen LogP contribution in [-0.4, -0.2) is 65.9 Å². The number of aromatic nitrogens is 1. The Morgan fingerprint density at radius 1 is 1.03 bits per heavy atom. The molecular weight excluding hydrogens is 452 g/mol. The summed E-state index contributed by atoms with van der Waals surface area (Å²) in [6.07, 6.45) is 5.54. The second kappa shape index (κ2) is 11.2. The Bertz CT molecular complexity index is 1180. The highest BCUT2D eigenvalue weighted by Gasteiger charge is 2.30. The van der Waals surface area contributed by atoms with Gasteiger partial charge in [-0.2, -0.15) is 0 Å². The molecular formula is C29H36N4O3. The lowest BCUT2D eigenvalue weighted by Gasteiger charge is -2.34. The number of rotatable bonds is 7. The van der Waals surface area contributed by atoms with Crippen molar-refractivity contribution in [2.75, 3.05) is 39.3 Å². The molecule has 2 aromatic carbocycles. The monoisotopic (exact) mass is 488 g/mol. The van der Waals surface area contributed by atoms with E-state index in [0.29, 0.717) is 36.0 Å². The SMILES string of the molecule is C[C@@H](C(=O)NCCN1CCCCC1)C1CCN(C(=O)c2ccc3nc(-c4ccccc4)oc3c2)CC1. The molecule has 3 heterocycles. The van der Waals surface area contributed by atoms with Gasteiger partial charge in [0.25, 0.3) is 5.91 Å². The van der Waals surface area contributed by atoms with E-state index in [0.717, 1.165) is 50.1 Å². The van der Waals surface area contributed by atoms with Crippen LogP contribution in [0, 0.1) is 11.8 Å². The summed E-state index contributed by atoms with van der Waals surface area (Å²) in [5.41, 5.74) is 2.88. The second-order valence-electron chi connectivity index (χ2n) is 10.2. The third kappa shape index (κ3) is 5.62. The summed E-state index contributed by atoms with van der Waals surface area (Å²) in [6, 6.07) is 15.2. The number of hydrogen-bond acceptors (Lipinski definition) is 5. The van der Waals surface area contributed by atoms with Gasteiger partial charge in [0.15, 0.2) is 5.58 Å². The van der Waals surface area contributed by atoms with Crippen molar-refractivity contribution in [1.82, 2.24) is 20.1 Å². The minimum atomic E-state index is -0.0365. The molecule has 2 aliphatic rings. The first kappa shape index (κ1) is 24.5. The molecule has 7 heteroatoms. The smallest absolute Gasteiger partial charge is 0.253 e.